The van der Waals surface area contributed by atoms with Gasteiger partial charge in [-0.2, -0.15) is 0 Å². The molecule has 0 bridgehead atoms. The molecule has 1 amide bonds. The zero-order chi connectivity index (χ0) is 14.3. The van der Waals surface area contributed by atoms with Gasteiger partial charge in [0.25, 0.3) is 15.9 Å². The largest absolute Gasteiger partial charge is 0.382 e. The van der Waals surface area contributed by atoms with Crippen molar-refractivity contribution in [3.63, 3.8) is 0 Å². The normalized spacial score (nSPS) is 19.9. The molecule has 2 rings (SSSR count). The Kier molecular flexibility index (Phi) is 3.49. The summed E-state index contributed by atoms with van der Waals surface area (Å²) >= 11 is 5.96. The number of para-hydroxylation sites is 1. The Labute approximate surface area is 117 Å². The maximum Gasteiger partial charge on any atom is 0.258 e. The first-order valence-electron chi connectivity index (χ1n) is 5.83. The number of anilines is 1. The zero-order valence-electron chi connectivity index (χ0n) is 10.7. The van der Waals surface area contributed by atoms with Crippen LogP contribution in [0.5, 0.6) is 0 Å². The average Bonchev–Trinajstić information content (AvgIpc) is 2.35. The predicted molar refractivity (Wildman–Crippen MR) is 74.7 cm³/mol. The Balaban J connectivity index is 1.95. The van der Waals surface area contributed by atoms with Crippen molar-refractivity contribution < 1.29 is 13.2 Å². The van der Waals surface area contributed by atoms with E-state index in [2.05, 4.69) is 5.32 Å². The smallest absolute Gasteiger partial charge is 0.258 e. The summed E-state index contributed by atoms with van der Waals surface area (Å²) in [7, 11) is -3.50. The highest BCUT2D eigenvalue weighted by atomic mass is 35.5. The molecule has 0 unspecified atom stereocenters. The number of sulfonamides is 1. The molecule has 1 aromatic rings. The van der Waals surface area contributed by atoms with Gasteiger partial charge in [-0.25, -0.2) is 12.7 Å². The highest BCUT2D eigenvalue weighted by Gasteiger charge is 2.59. The van der Waals surface area contributed by atoms with E-state index in [9.17, 15) is 13.2 Å². The van der Waals surface area contributed by atoms with Gasteiger partial charge in [0.2, 0.25) is 0 Å². The molecule has 19 heavy (non-hydrogen) atoms. The van der Waals surface area contributed by atoms with E-state index in [1.165, 1.54) is 13.8 Å². The Morgan fingerprint density at radius 1 is 1.32 bits per heavy atom. The molecule has 0 saturated carbocycles. The van der Waals surface area contributed by atoms with Crippen molar-refractivity contribution in [3.05, 3.63) is 29.3 Å². The maximum absolute atomic E-state index is 11.8. The molecule has 1 fully saturated rings. The summed E-state index contributed by atoms with van der Waals surface area (Å²) in [5.74, 6) is -0.367. The minimum atomic E-state index is -3.50. The fourth-order valence-corrected chi connectivity index (χ4v) is 3.61. The van der Waals surface area contributed by atoms with E-state index >= 15 is 0 Å². The third-order valence-corrected chi connectivity index (χ3v) is 5.90. The molecule has 1 aliphatic heterocycles. The Morgan fingerprint density at radius 2 is 1.95 bits per heavy atom. The predicted octanol–water partition coefficient (Wildman–Crippen LogP) is 1.70. The number of halogens is 1. The van der Waals surface area contributed by atoms with Crippen LogP contribution in [0.4, 0.5) is 5.69 Å². The highest BCUT2D eigenvalue weighted by Crippen LogP contribution is 2.34. The lowest BCUT2D eigenvalue weighted by atomic mass is 10.2. The molecule has 0 spiro atoms. The van der Waals surface area contributed by atoms with Crippen LogP contribution in [0.1, 0.15) is 13.8 Å². The van der Waals surface area contributed by atoms with Crippen LogP contribution in [0.15, 0.2) is 24.3 Å². The number of nitrogens with zero attached hydrogens (tertiary/aromatic N) is 1. The van der Waals surface area contributed by atoms with Crippen LogP contribution in [-0.4, -0.2) is 36.5 Å². The van der Waals surface area contributed by atoms with Crippen LogP contribution in [-0.2, 0) is 14.8 Å². The maximum atomic E-state index is 11.8. The molecule has 1 aromatic carbocycles. The second-order valence-corrected chi connectivity index (χ2v) is 7.62. The topological polar surface area (TPSA) is 66.5 Å². The van der Waals surface area contributed by atoms with Gasteiger partial charge in [-0.1, -0.05) is 23.7 Å². The van der Waals surface area contributed by atoms with Gasteiger partial charge in [-0.15, -0.1) is 0 Å². The van der Waals surface area contributed by atoms with Crippen LogP contribution in [0.2, 0.25) is 5.02 Å². The van der Waals surface area contributed by atoms with Gasteiger partial charge < -0.3 is 5.32 Å². The molecular formula is C12H15ClN2O3S. The van der Waals surface area contributed by atoms with Crippen LogP contribution in [0.3, 0.4) is 0 Å². The van der Waals surface area contributed by atoms with Gasteiger partial charge >= 0.3 is 0 Å². The zero-order valence-corrected chi connectivity index (χ0v) is 12.3. The van der Waals surface area contributed by atoms with Crippen molar-refractivity contribution in [1.82, 2.24) is 4.31 Å². The van der Waals surface area contributed by atoms with Crippen molar-refractivity contribution in [2.75, 3.05) is 18.4 Å². The third-order valence-electron chi connectivity index (χ3n) is 3.18. The van der Waals surface area contributed by atoms with E-state index in [0.717, 1.165) is 4.31 Å². The van der Waals surface area contributed by atoms with Gasteiger partial charge in [0.15, 0.2) is 4.75 Å². The minimum absolute atomic E-state index is 0.107. The first kappa shape index (κ1) is 14.1. The summed E-state index contributed by atoms with van der Waals surface area (Å²) < 4.78 is 23.3. The SMILES string of the molecule is CC1(C)C(=O)N(CCNc2ccccc2Cl)S1(=O)=O. The van der Waals surface area contributed by atoms with Gasteiger partial charge in [0, 0.05) is 6.54 Å². The molecular weight excluding hydrogens is 288 g/mol. The second kappa shape index (κ2) is 4.68. The quantitative estimate of drug-likeness (QED) is 0.919. The van der Waals surface area contributed by atoms with Crippen LogP contribution >= 0.6 is 11.6 Å². The molecule has 1 heterocycles. The second-order valence-electron chi connectivity index (χ2n) is 4.80. The van der Waals surface area contributed by atoms with E-state index < -0.39 is 14.8 Å². The molecule has 1 aliphatic rings. The van der Waals surface area contributed by atoms with Gasteiger partial charge in [-0.05, 0) is 26.0 Å². The average molecular weight is 303 g/mol. The van der Waals surface area contributed by atoms with E-state index in [1.54, 1.807) is 18.2 Å². The lowest BCUT2D eigenvalue weighted by Crippen LogP contribution is -2.67. The lowest BCUT2D eigenvalue weighted by Gasteiger charge is -2.43. The molecule has 104 valence electrons. The van der Waals surface area contributed by atoms with E-state index in [-0.39, 0.29) is 12.5 Å². The Bertz CT molecular complexity index is 613. The summed E-state index contributed by atoms with van der Waals surface area (Å²) in [4.78, 5) is 11.7. The van der Waals surface area contributed by atoms with E-state index in [0.29, 0.717) is 17.3 Å². The number of carbonyl (C=O) groups excluding carboxylic acids is 1. The van der Waals surface area contributed by atoms with Crippen LogP contribution in [0, 0.1) is 0 Å². The minimum Gasteiger partial charge on any atom is -0.382 e. The van der Waals surface area contributed by atoms with Crippen molar-refractivity contribution in [3.8, 4) is 0 Å². The van der Waals surface area contributed by atoms with Crippen molar-refractivity contribution in [1.29, 1.82) is 0 Å². The molecule has 0 aromatic heterocycles. The molecule has 0 aliphatic carbocycles. The molecule has 5 nitrogen and oxygen atoms in total. The summed E-state index contributed by atoms with van der Waals surface area (Å²) in [6, 6.07) is 7.15. The standard InChI is InChI=1S/C12H15ClN2O3S/c1-12(2)11(16)15(19(12,17)18)8-7-14-10-6-4-3-5-9(10)13/h3-6,14H,7-8H2,1-2H3. The number of hydrogen-bond acceptors (Lipinski definition) is 4. The fourth-order valence-electron chi connectivity index (χ4n) is 1.87. The fraction of sp³-hybridized carbons (Fsp3) is 0.417. The van der Waals surface area contributed by atoms with Crippen LogP contribution in [0.25, 0.3) is 0 Å². The summed E-state index contributed by atoms with van der Waals surface area (Å²) in [5, 5.41) is 3.56. The van der Waals surface area contributed by atoms with Crippen molar-refractivity contribution >= 4 is 33.2 Å². The summed E-state index contributed by atoms with van der Waals surface area (Å²) in [6.45, 7) is 3.27. The number of amides is 1. The molecule has 0 radical (unpaired) electrons. The summed E-state index contributed by atoms with van der Waals surface area (Å²) in [5.41, 5.74) is 0.716. The van der Waals surface area contributed by atoms with E-state index in [1.807, 2.05) is 6.07 Å². The molecule has 0 atom stereocenters. The van der Waals surface area contributed by atoms with Crippen LogP contribution < -0.4 is 5.32 Å². The number of hydrogen-bond donors (Lipinski definition) is 1. The first-order chi connectivity index (χ1) is 8.78. The number of benzene rings is 1. The lowest BCUT2D eigenvalue weighted by molar-refractivity contribution is -0.132. The molecule has 1 N–H and O–H groups in total. The molecule has 1 saturated heterocycles. The summed E-state index contributed by atoms with van der Waals surface area (Å²) in [6.07, 6.45) is 0. The number of nitrogens with one attached hydrogen (secondary N) is 1. The monoisotopic (exact) mass is 302 g/mol. The number of carbonyl (C=O) groups is 1. The van der Waals surface area contributed by atoms with Gasteiger partial charge in [0.05, 0.1) is 17.3 Å². The molecule has 7 heteroatoms. The van der Waals surface area contributed by atoms with Gasteiger partial charge in [0.1, 0.15) is 0 Å². The van der Waals surface area contributed by atoms with Gasteiger partial charge in [-0.3, -0.25) is 4.79 Å². The first-order valence-corrected chi connectivity index (χ1v) is 7.65. The highest BCUT2D eigenvalue weighted by molar-refractivity contribution is 7.94. The van der Waals surface area contributed by atoms with Crippen molar-refractivity contribution in [2.24, 2.45) is 0 Å². The Morgan fingerprint density at radius 3 is 2.53 bits per heavy atom. The Hall–Kier alpha value is -1.27. The van der Waals surface area contributed by atoms with Crippen molar-refractivity contribution in [2.45, 2.75) is 18.6 Å². The third kappa shape index (κ3) is 2.19. The number of rotatable bonds is 4. The van der Waals surface area contributed by atoms with E-state index in [4.69, 9.17) is 11.6 Å².